The molecule has 5 N–H and O–H groups in total. The molecule has 0 atom stereocenters. The molecule has 248 valence electrons. The number of nitrogens with one attached hydrogen (secondary N) is 3. The van der Waals surface area contributed by atoms with Crippen molar-refractivity contribution in [3.8, 4) is 23.2 Å². The van der Waals surface area contributed by atoms with Crippen LogP contribution in [0, 0.1) is 11.8 Å². The number of urea groups is 1. The Morgan fingerprint density at radius 3 is 2.50 bits per heavy atom. The van der Waals surface area contributed by atoms with Crippen LogP contribution >= 0.6 is 0 Å². The highest BCUT2D eigenvalue weighted by Crippen LogP contribution is 2.35. The Balaban J connectivity index is 1.17. The van der Waals surface area contributed by atoms with Gasteiger partial charge in [-0.25, -0.2) is 14.8 Å². The molecule has 4 aromatic rings. The number of carbonyl (C=O) groups is 2. The van der Waals surface area contributed by atoms with E-state index in [0.717, 1.165) is 24.8 Å². The third-order valence-corrected chi connectivity index (χ3v) is 8.43. The number of alkyl halides is 3. The smallest absolute Gasteiger partial charge is 0.368 e. The molecule has 2 aromatic carbocycles. The summed E-state index contributed by atoms with van der Waals surface area (Å²) in [5, 5.41) is 8.01. The van der Waals surface area contributed by atoms with Crippen molar-refractivity contribution in [2.24, 2.45) is 7.05 Å². The number of anilines is 3. The zero-order valence-electron chi connectivity index (χ0n) is 26.4. The minimum absolute atomic E-state index is 0.0219. The van der Waals surface area contributed by atoms with Crippen LogP contribution in [0.25, 0.3) is 11.4 Å². The minimum atomic E-state index is -4.58. The summed E-state index contributed by atoms with van der Waals surface area (Å²) in [5.41, 5.74) is 9.34. The molecule has 2 aliphatic rings. The molecule has 2 aliphatic heterocycles. The van der Waals surface area contributed by atoms with E-state index in [2.05, 4.69) is 42.7 Å². The van der Waals surface area contributed by atoms with E-state index in [-0.39, 0.29) is 29.7 Å². The molecule has 0 aliphatic carbocycles. The molecule has 14 heteroatoms. The average molecular weight is 658 g/mol. The minimum Gasteiger partial charge on any atom is -0.368 e. The molecule has 0 saturated carbocycles. The Hall–Kier alpha value is -5.39. The first-order valence-corrected chi connectivity index (χ1v) is 15.4. The Bertz CT molecular complexity index is 1940. The van der Waals surface area contributed by atoms with Gasteiger partial charge in [-0.1, -0.05) is 24.0 Å². The third kappa shape index (κ3) is 7.27. The van der Waals surface area contributed by atoms with E-state index < -0.39 is 17.8 Å². The molecule has 2 aromatic heterocycles. The molecule has 1 fully saturated rings. The normalized spacial score (nSPS) is 15.2. The number of nitrogens with two attached hydrogens (primary N) is 1. The highest BCUT2D eigenvalue weighted by Gasteiger charge is 2.34. The van der Waals surface area contributed by atoms with E-state index >= 15 is 0 Å². The molecule has 4 heterocycles. The van der Waals surface area contributed by atoms with Crippen molar-refractivity contribution in [1.29, 1.82) is 0 Å². The summed E-state index contributed by atoms with van der Waals surface area (Å²) < 4.78 is 43.9. The summed E-state index contributed by atoms with van der Waals surface area (Å²) in [6.07, 6.45) is -2.39. The van der Waals surface area contributed by atoms with Crippen molar-refractivity contribution >= 4 is 29.3 Å². The summed E-state index contributed by atoms with van der Waals surface area (Å²) in [7, 11) is 3.84. The van der Waals surface area contributed by atoms with Crippen molar-refractivity contribution in [1.82, 2.24) is 29.7 Å². The molecular formula is C34H34F3N9O2. The molecule has 3 amide bonds. The number of hydrogen-bond acceptors (Lipinski definition) is 7. The predicted molar refractivity (Wildman–Crippen MR) is 176 cm³/mol. The number of aromatic nitrogens is 3. The lowest BCUT2D eigenvalue weighted by atomic mass is 10.0. The van der Waals surface area contributed by atoms with Gasteiger partial charge in [0.25, 0.3) is 5.91 Å². The van der Waals surface area contributed by atoms with Crippen molar-refractivity contribution < 1.29 is 22.8 Å². The second-order valence-electron chi connectivity index (χ2n) is 11.8. The lowest BCUT2D eigenvalue weighted by Gasteiger charge is -2.33. The largest absolute Gasteiger partial charge is 0.416 e. The highest BCUT2D eigenvalue weighted by molar-refractivity contribution is 6.00. The van der Waals surface area contributed by atoms with E-state index in [0.29, 0.717) is 59.8 Å². The number of benzene rings is 2. The van der Waals surface area contributed by atoms with Crippen molar-refractivity contribution in [2.45, 2.75) is 19.1 Å². The summed E-state index contributed by atoms with van der Waals surface area (Å²) >= 11 is 0. The molecule has 0 radical (unpaired) electrons. The van der Waals surface area contributed by atoms with Gasteiger partial charge in [0.15, 0.2) is 0 Å². The molecule has 1 saturated heterocycles. The van der Waals surface area contributed by atoms with Gasteiger partial charge in [0.1, 0.15) is 5.69 Å². The zero-order valence-corrected chi connectivity index (χ0v) is 26.4. The van der Waals surface area contributed by atoms with Gasteiger partial charge in [0.05, 0.1) is 22.4 Å². The van der Waals surface area contributed by atoms with Crippen LogP contribution in [0.1, 0.15) is 38.3 Å². The first-order chi connectivity index (χ1) is 22.9. The first kappa shape index (κ1) is 32.5. The number of rotatable bonds is 5. The number of carbonyl (C=O) groups excluding carboxylic acids is 2. The van der Waals surface area contributed by atoms with Crippen LogP contribution in [-0.4, -0.2) is 76.0 Å². The van der Waals surface area contributed by atoms with Crippen LogP contribution in [0.3, 0.4) is 0 Å². The van der Waals surface area contributed by atoms with E-state index in [4.69, 9.17) is 5.73 Å². The third-order valence-electron chi connectivity index (χ3n) is 8.43. The second kappa shape index (κ2) is 13.4. The van der Waals surface area contributed by atoms with Crippen LogP contribution in [0.4, 0.5) is 35.3 Å². The monoisotopic (exact) mass is 657 g/mol. The van der Waals surface area contributed by atoms with Crippen LogP contribution in [-0.2, 0) is 26.2 Å². The Morgan fingerprint density at radius 2 is 1.77 bits per heavy atom. The Labute approximate surface area is 275 Å². The van der Waals surface area contributed by atoms with Crippen molar-refractivity contribution in [3.05, 3.63) is 88.2 Å². The number of halogens is 3. The average Bonchev–Trinajstić information content (AvgIpc) is 3.39. The van der Waals surface area contributed by atoms with Crippen LogP contribution < -0.4 is 21.7 Å². The quantitative estimate of drug-likeness (QED) is 0.237. The SMILES string of the molecule is CN1CCN(Cc2ccc(NC(=O)Nc3cccc(C#Cc4cnc(N)nc4-c4cc5c(n4C)CCNC5=O)c3)cc2C(F)(F)F)CC1. The van der Waals surface area contributed by atoms with Gasteiger partial charge in [-0.15, -0.1) is 0 Å². The van der Waals surface area contributed by atoms with Crippen molar-refractivity contribution in [2.75, 3.05) is 56.1 Å². The summed E-state index contributed by atoms with van der Waals surface area (Å²) in [6, 6.07) is 11.6. The van der Waals surface area contributed by atoms with Gasteiger partial charge >= 0.3 is 12.2 Å². The maximum absolute atomic E-state index is 14.0. The van der Waals surface area contributed by atoms with Crippen LogP contribution in [0.5, 0.6) is 0 Å². The summed E-state index contributed by atoms with van der Waals surface area (Å²) in [6.45, 7) is 3.67. The van der Waals surface area contributed by atoms with Gasteiger partial charge in [-0.05, 0) is 49.0 Å². The van der Waals surface area contributed by atoms with Gasteiger partial charge in [-0.2, -0.15) is 13.2 Å². The number of piperazine rings is 1. The van der Waals surface area contributed by atoms with Gasteiger partial charge in [0.2, 0.25) is 5.95 Å². The second-order valence-corrected chi connectivity index (χ2v) is 11.8. The van der Waals surface area contributed by atoms with E-state index in [1.54, 1.807) is 30.3 Å². The molecule has 0 bridgehead atoms. The predicted octanol–water partition coefficient (Wildman–Crippen LogP) is 4.16. The first-order valence-electron chi connectivity index (χ1n) is 15.4. The maximum Gasteiger partial charge on any atom is 0.416 e. The van der Waals surface area contributed by atoms with Gasteiger partial charge in [-0.3, -0.25) is 9.69 Å². The van der Waals surface area contributed by atoms with E-state index in [9.17, 15) is 22.8 Å². The van der Waals surface area contributed by atoms with Gasteiger partial charge < -0.3 is 31.2 Å². The number of nitrogens with zero attached hydrogens (tertiary/aromatic N) is 5. The zero-order chi connectivity index (χ0) is 34.0. The number of amides is 3. The fourth-order valence-corrected chi connectivity index (χ4v) is 5.85. The molecule has 11 nitrogen and oxygen atoms in total. The standard InChI is InChI=1S/C34H34F3N9O2/c1-44-12-14-46(15-13-44)20-23-8-9-25(17-27(23)34(35,36)37)42-33(48)41-24-5-3-4-21(16-24)6-7-22-19-40-32(38)43-30(22)29-18-26-28(45(29)2)10-11-39-31(26)47/h3-5,8-9,16-19H,10-15,20H2,1-2H3,(H,39,47)(H2,38,40,43)(H2,41,42,48). The molecule has 48 heavy (non-hydrogen) atoms. The number of likely N-dealkylation sites (N-methyl/N-ethyl adjacent to an activating group) is 1. The Kier molecular flexibility index (Phi) is 9.07. The molecule has 0 unspecified atom stereocenters. The highest BCUT2D eigenvalue weighted by atomic mass is 19.4. The van der Waals surface area contributed by atoms with E-state index in [1.165, 1.54) is 18.3 Å². The van der Waals surface area contributed by atoms with Crippen LogP contribution in [0.15, 0.2) is 54.7 Å². The van der Waals surface area contributed by atoms with E-state index in [1.807, 2.05) is 23.6 Å². The van der Waals surface area contributed by atoms with Crippen LogP contribution in [0.2, 0.25) is 0 Å². The van der Waals surface area contributed by atoms with Crippen molar-refractivity contribution in [3.63, 3.8) is 0 Å². The topological polar surface area (TPSA) is 133 Å². The number of hydrogen-bond donors (Lipinski definition) is 4. The maximum atomic E-state index is 14.0. The fraction of sp³-hybridized carbons (Fsp3) is 0.294. The Morgan fingerprint density at radius 1 is 1.02 bits per heavy atom. The number of fused-ring (bicyclic) bond motifs is 1. The lowest BCUT2D eigenvalue weighted by Crippen LogP contribution is -2.44. The summed E-state index contributed by atoms with van der Waals surface area (Å²) in [5.74, 6) is 6.02. The fourth-order valence-electron chi connectivity index (χ4n) is 5.85. The lowest BCUT2D eigenvalue weighted by molar-refractivity contribution is -0.138. The number of nitrogen functional groups attached to an aromatic ring is 1. The molecule has 6 rings (SSSR count). The summed E-state index contributed by atoms with van der Waals surface area (Å²) in [4.78, 5) is 37.9. The van der Waals surface area contributed by atoms with Gasteiger partial charge in [0, 0.05) is 81.6 Å². The molecular weight excluding hydrogens is 623 g/mol. The molecule has 0 spiro atoms.